The first-order valence-electron chi connectivity index (χ1n) is 5.66. The van der Waals surface area contributed by atoms with Gasteiger partial charge >= 0.3 is 0 Å². The topological polar surface area (TPSA) is 82.9 Å². The number of nitrogens with one attached hydrogen (secondary N) is 2. The van der Waals surface area contributed by atoms with Crippen molar-refractivity contribution in [3.63, 3.8) is 0 Å². The second-order valence-electron chi connectivity index (χ2n) is 3.97. The van der Waals surface area contributed by atoms with Crippen molar-refractivity contribution in [2.75, 3.05) is 26.2 Å². The summed E-state index contributed by atoms with van der Waals surface area (Å²) >= 11 is 0. The average molecular weight is 234 g/mol. The Morgan fingerprint density at radius 2 is 2.24 bits per heavy atom. The molecule has 3 heterocycles. The lowest BCUT2D eigenvalue weighted by Crippen LogP contribution is -2.45. The van der Waals surface area contributed by atoms with Crippen LogP contribution in [0.2, 0.25) is 0 Å². The van der Waals surface area contributed by atoms with Gasteiger partial charge in [0.2, 0.25) is 0 Å². The van der Waals surface area contributed by atoms with E-state index in [1.54, 1.807) is 6.26 Å². The molecule has 1 atom stereocenters. The molecule has 2 aromatic rings. The molecule has 1 unspecified atom stereocenters. The van der Waals surface area contributed by atoms with E-state index in [4.69, 9.17) is 4.42 Å². The minimum absolute atomic E-state index is 0.0501. The number of aromatic amines is 1. The standard InChI is InChI=1S/C10H14N6O/c1-2-8(17-7-1)9(10-12-14-15-13-10)16-5-3-11-4-6-16/h1-2,7,9,11H,3-6H2,(H,12,13,14,15). The number of hydrogen-bond acceptors (Lipinski definition) is 6. The molecule has 1 aliphatic rings. The van der Waals surface area contributed by atoms with Crippen molar-refractivity contribution in [3.8, 4) is 0 Å². The molecule has 0 bridgehead atoms. The van der Waals surface area contributed by atoms with Gasteiger partial charge in [0.15, 0.2) is 5.82 Å². The molecule has 1 saturated heterocycles. The summed E-state index contributed by atoms with van der Waals surface area (Å²) in [6.07, 6.45) is 1.67. The third kappa shape index (κ3) is 2.06. The largest absolute Gasteiger partial charge is 0.467 e. The van der Waals surface area contributed by atoms with Crippen LogP contribution in [0.1, 0.15) is 17.6 Å². The lowest BCUT2D eigenvalue weighted by atomic mass is 10.1. The molecule has 0 aliphatic carbocycles. The summed E-state index contributed by atoms with van der Waals surface area (Å²) in [6.45, 7) is 3.82. The highest BCUT2D eigenvalue weighted by Gasteiger charge is 2.29. The Balaban J connectivity index is 1.91. The van der Waals surface area contributed by atoms with Crippen molar-refractivity contribution in [2.45, 2.75) is 6.04 Å². The molecule has 1 aliphatic heterocycles. The van der Waals surface area contributed by atoms with Gasteiger partial charge in [-0.15, -0.1) is 10.2 Å². The molecule has 2 N–H and O–H groups in total. The minimum atomic E-state index is -0.0501. The zero-order valence-corrected chi connectivity index (χ0v) is 9.33. The molecule has 2 aromatic heterocycles. The molecule has 17 heavy (non-hydrogen) atoms. The van der Waals surface area contributed by atoms with Gasteiger partial charge in [0.05, 0.1) is 6.26 Å². The minimum Gasteiger partial charge on any atom is -0.467 e. The Hall–Kier alpha value is -1.73. The summed E-state index contributed by atoms with van der Waals surface area (Å²) in [5, 5.41) is 17.6. The summed E-state index contributed by atoms with van der Waals surface area (Å²) in [5.74, 6) is 1.51. The predicted molar refractivity (Wildman–Crippen MR) is 59.2 cm³/mol. The fourth-order valence-corrected chi connectivity index (χ4v) is 2.14. The molecule has 0 aromatic carbocycles. The monoisotopic (exact) mass is 234 g/mol. The quantitative estimate of drug-likeness (QED) is 0.764. The van der Waals surface area contributed by atoms with Crippen LogP contribution < -0.4 is 5.32 Å². The number of H-pyrrole nitrogens is 1. The lowest BCUT2D eigenvalue weighted by molar-refractivity contribution is 0.174. The van der Waals surface area contributed by atoms with Gasteiger partial charge in [-0.2, -0.15) is 5.21 Å². The highest BCUT2D eigenvalue weighted by molar-refractivity contribution is 5.13. The molecular weight excluding hydrogens is 220 g/mol. The van der Waals surface area contributed by atoms with Crippen molar-refractivity contribution in [1.82, 2.24) is 30.8 Å². The average Bonchev–Trinajstić information content (AvgIpc) is 3.04. The van der Waals surface area contributed by atoms with Gasteiger partial charge < -0.3 is 9.73 Å². The van der Waals surface area contributed by atoms with E-state index in [9.17, 15) is 0 Å². The first-order valence-corrected chi connectivity index (χ1v) is 5.66. The Kier molecular flexibility index (Phi) is 2.85. The highest BCUT2D eigenvalue weighted by Crippen LogP contribution is 2.25. The molecule has 0 amide bonds. The molecule has 0 saturated carbocycles. The van der Waals surface area contributed by atoms with Crippen molar-refractivity contribution in [2.24, 2.45) is 0 Å². The Morgan fingerprint density at radius 1 is 1.35 bits per heavy atom. The van der Waals surface area contributed by atoms with Crippen LogP contribution in [0.4, 0.5) is 0 Å². The maximum absolute atomic E-state index is 5.49. The number of tetrazole rings is 1. The van der Waals surface area contributed by atoms with Crippen molar-refractivity contribution >= 4 is 0 Å². The van der Waals surface area contributed by atoms with Gasteiger partial charge in [0.25, 0.3) is 0 Å². The maximum Gasteiger partial charge on any atom is 0.199 e. The number of rotatable bonds is 3. The normalized spacial score (nSPS) is 19.3. The fraction of sp³-hybridized carbons (Fsp3) is 0.500. The SMILES string of the molecule is c1coc(C(c2nn[nH]n2)N2CCNCC2)c1. The summed E-state index contributed by atoms with van der Waals surface area (Å²) in [4.78, 5) is 2.29. The van der Waals surface area contributed by atoms with Crippen LogP contribution in [0.15, 0.2) is 22.8 Å². The van der Waals surface area contributed by atoms with Gasteiger partial charge in [-0.25, -0.2) is 0 Å². The molecule has 90 valence electrons. The van der Waals surface area contributed by atoms with Gasteiger partial charge in [0.1, 0.15) is 11.8 Å². The number of nitrogens with zero attached hydrogens (tertiary/aromatic N) is 4. The number of furan rings is 1. The van der Waals surface area contributed by atoms with E-state index < -0.39 is 0 Å². The molecule has 3 rings (SSSR count). The number of hydrogen-bond donors (Lipinski definition) is 2. The van der Waals surface area contributed by atoms with E-state index in [0.717, 1.165) is 31.9 Å². The van der Waals surface area contributed by atoms with E-state index >= 15 is 0 Å². The van der Waals surface area contributed by atoms with Gasteiger partial charge in [-0.3, -0.25) is 4.90 Å². The number of piperazine rings is 1. The summed E-state index contributed by atoms with van der Waals surface area (Å²) in [6, 6.07) is 3.78. The van der Waals surface area contributed by atoms with Crippen LogP contribution >= 0.6 is 0 Å². The van der Waals surface area contributed by atoms with Crippen LogP contribution in [-0.4, -0.2) is 51.7 Å². The van der Waals surface area contributed by atoms with Crippen molar-refractivity contribution in [3.05, 3.63) is 30.0 Å². The van der Waals surface area contributed by atoms with Gasteiger partial charge in [-0.05, 0) is 12.1 Å². The molecule has 0 spiro atoms. The Bertz CT molecular complexity index is 399. The fourth-order valence-electron chi connectivity index (χ4n) is 2.14. The van der Waals surface area contributed by atoms with E-state index in [1.807, 2.05) is 12.1 Å². The first kappa shape index (κ1) is 10.4. The lowest BCUT2D eigenvalue weighted by Gasteiger charge is -2.31. The van der Waals surface area contributed by atoms with Crippen LogP contribution in [0.3, 0.4) is 0 Å². The summed E-state index contributed by atoms with van der Waals surface area (Å²) < 4.78 is 5.49. The van der Waals surface area contributed by atoms with E-state index in [0.29, 0.717) is 5.82 Å². The van der Waals surface area contributed by atoms with E-state index in [1.165, 1.54) is 0 Å². The summed E-state index contributed by atoms with van der Waals surface area (Å²) in [7, 11) is 0. The smallest absolute Gasteiger partial charge is 0.199 e. The van der Waals surface area contributed by atoms with Gasteiger partial charge in [0, 0.05) is 26.2 Å². The van der Waals surface area contributed by atoms with Crippen LogP contribution in [-0.2, 0) is 0 Å². The first-order chi connectivity index (χ1) is 8.45. The molecule has 0 radical (unpaired) electrons. The third-order valence-electron chi connectivity index (χ3n) is 2.94. The number of aromatic nitrogens is 4. The van der Waals surface area contributed by atoms with Crippen molar-refractivity contribution in [1.29, 1.82) is 0 Å². The van der Waals surface area contributed by atoms with E-state index in [2.05, 4.69) is 30.8 Å². The van der Waals surface area contributed by atoms with Crippen LogP contribution in [0.25, 0.3) is 0 Å². The summed E-state index contributed by atoms with van der Waals surface area (Å²) in [5.41, 5.74) is 0. The molecule has 7 heteroatoms. The zero-order chi connectivity index (χ0) is 11.5. The van der Waals surface area contributed by atoms with Crippen molar-refractivity contribution < 1.29 is 4.42 Å². The molecule has 1 fully saturated rings. The van der Waals surface area contributed by atoms with E-state index in [-0.39, 0.29) is 6.04 Å². The van der Waals surface area contributed by atoms with Crippen LogP contribution in [0, 0.1) is 0 Å². The second kappa shape index (κ2) is 4.64. The molecule has 7 nitrogen and oxygen atoms in total. The third-order valence-corrected chi connectivity index (χ3v) is 2.94. The predicted octanol–water partition coefficient (Wildman–Crippen LogP) is -0.213. The maximum atomic E-state index is 5.49. The second-order valence-corrected chi connectivity index (χ2v) is 3.97. The molecular formula is C10H14N6O. The Morgan fingerprint density at radius 3 is 2.88 bits per heavy atom. The van der Waals surface area contributed by atoms with Crippen LogP contribution in [0.5, 0.6) is 0 Å². The highest BCUT2D eigenvalue weighted by atomic mass is 16.3. The Labute approximate surface area is 98.2 Å². The zero-order valence-electron chi connectivity index (χ0n) is 9.33. The van der Waals surface area contributed by atoms with Gasteiger partial charge in [-0.1, -0.05) is 5.21 Å².